The predicted octanol–water partition coefficient (Wildman–Crippen LogP) is 3.53. The number of morpholine rings is 1. The Morgan fingerprint density at radius 2 is 1.91 bits per heavy atom. The van der Waals surface area contributed by atoms with E-state index < -0.39 is 0 Å². The van der Waals surface area contributed by atoms with Crippen molar-refractivity contribution in [2.75, 3.05) is 13.1 Å². The molecule has 0 aromatic heterocycles. The second-order valence-electron chi connectivity index (χ2n) is 5.52. The average molecular weight is 381 g/mol. The molecule has 1 aromatic carbocycles. The van der Waals surface area contributed by atoms with Crippen LogP contribution in [-0.4, -0.2) is 41.3 Å². The topological polar surface area (TPSA) is 41.9 Å². The van der Waals surface area contributed by atoms with E-state index in [0.717, 1.165) is 28.3 Å². The SMILES string of the molecule is C[C@H]1CN(C2=NC(=O)/C(=C\c3ccc(Br)cc3)S2)C[C@H](C)O1. The molecule has 1 fully saturated rings. The first-order chi connectivity index (χ1) is 10.5. The van der Waals surface area contributed by atoms with Crippen molar-refractivity contribution in [1.29, 1.82) is 0 Å². The minimum Gasteiger partial charge on any atom is -0.372 e. The molecule has 1 amide bonds. The summed E-state index contributed by atoms with van der Waals surface area (Å²) >= 11 is 4.86. The minimum absolute atomic E-state index is 0.154. The Bertz CT molecular complexity index is 632. The molecule has 3 rings (SSSR count). The monoisotopic (exact) mass is 380 g/mol. The summed E-state index contributed by atoms with van der Waals surface area (Å²) in [5.74, 6) is -0.158. The Hall–Kier alpha value is -1.11. The van der Waals surface area contributed by atoms with E-state index in [1.54, 1.807) is 0 Å². The zero-order chi connectivity index (χ0) is 15.7. The van der Waals surface area contributed by atoms with E-state index in [1.165, 1.54) is 11.8 Å². The highest BCUT2D eigenvalue weighted by Gasteiger charge is 2.30. The number of carbonyl (C=O) groups is 1. The summed E-state index contributed by atoms with van der Waals surface area (Å²) in [7, 11) is 0. The van der Waals surface area contributed by atoms with Crippen molar-refractivity contribution < 1.29 is 9.53 Å². The van der Waals surface area contributed by atoms with Gasteiger partial charge in [0, 0.05) is 17.6 Å². The zero-order valence-corrected chi connectivity index (χ0v) is 14.9. The van der Waals surface area contributed by atoms with Crippen LogP contribution in [0.1, 0.15) is 19.4 Å². The van der Waals surface area contributed by atoms with Gasteiger partial charge in [-0.1, -0.05) is 28.1 Å². The van der Waals surface area contributed by atoms with Crippen LogP contribution in [0, 0.1) is 0 Å². The molecule has 6 heteroatoms. The molecule has 2 heterocycles. The van der Waals surface area contributed by atoms with E-state index in [1.807, 2.05) is 44.2 Å². The lowest BCUT2D eigenvalue weighted by Gasteiger charge is -2.35. The van der Waals surface area contributed by atoms with Gasteiger partial charge >= 0.3 is 0 Å². The summed E-state index contributed by atoms with van der Waals surface area (Å²) in [5.41, 5.74) is 0.999. The van der Waals surface area contributed by atoms with Crippen molar-refractivity contribution in [3.63, 3.8) is 0 Å². The number of thioether (sulfide) groups is 1. The second kappa shape index (κ2) is 6.56. The average Bonchev–Trinajstić information content (AvgIpc) is 2.82. The van der Waals surface area contributed by atoms with Crippen LogP contribution >= 0.6 is 27.7 Å². The number of aliphatic imine (C=N–C) groups is 1. The molecule has 2 atom stereocenters. The molecular weight excluding hydrogens is 364 g/mol. The lowest BCUT2D eigenvalue weighted by Crippen LogP contribution is -2.47. The quantitative estimate of drug-likeness (QED) is 0.698. The van der Waals surface area contributed by atoms with Gasteiger partial charge in [-0.15, -0.1) is 0 Å². The molecule has 0 unspecified atom stereocenters. The number of nitrogens with zero attached hydrogens (tertiary/aromatic N) is 2. The minimum atomic E-state index is -0.158. The summed E-state index contributed by atoms with van der Waals surface area (Å²) in [5, 5.41) is 0.787. The van der Waals surface area contributed by atoms with Crippen LogP contribution in [0.5, 0.6) is 0 Å². The molecule has 22 heavy (non-hydrogen) atoms. The number of hydrogen-bond acceptors (Lipinski definition) is 4. The van der Waals surface area contributed by atoms with Gasteiger partial charge in [0.25, 0.3) is 5.91 Å². The van der Waals surface area contributed by atoms with Crippen molar-refractivity contribution in [3.05, 3.63) is 39.2 Å². The normalized spacial score (nSPS) is 27.4. The van der Waals surface area contributed by atoms with Gasteiger partial charge in [0.1, 0.15) is 0 Å². The van der Waals surface area contributed by atoms with E-state index >= 15 is 0 Å². The smallest absolute Gasteiger partial charge is 0.286 e. The van der Waals surface area contributed by atoms with Gasteiger partial charge in [-0.25, -0.2) is 0 Å². The standard InChI is InChI=1S/C16H17BrN2O2S/c1-10-8-19(9-11(2)21-10)16-18-15(20)14(22-16)7-12-3-5-13(17)6-4-12/h3-7,10-11H,8-9H2,1-2H3/b14-7+/t10-,11-/m0/s1. The van der Waals surface area contributed by atoms with Gasteiger partial charge in [-0.3, -0.25) is 4.79 Å². The van der Waals surface area contributed by atoms with Crippen molar-refractivity contribution in [2.45, 2.75) is 26.1 Å². The maximum atomic E-state index is 12.1. The molecule has 2 aliphatic rings. The van der Waals surface area contributed by atoms with Crippen LogP contribution < -0.4 is 0 Å². The fourth-order valence-electron chi connectivity index (χ4n) is 2.58. The lowest BCUT2D eigenvalue weighted by molar-refractivity contribution is -0.113. The largest absolute Gasteiger partial charge is 0.372 e. The number of benzene rings is 1. The molecule has 0 radical (unpaired) electrons. The maximum absolute atomic E-state index is 12.1. The lowest BCUT2D eigenvalue weighted by atomic mass is 10.2. The molecule has 2 aliphatic heterocycles. The second-order valence-corrected chi connectivity index (χ2v) is 7.45. The van der Waals surface area contributed by atoms with E-state index in [2.05, 4.69) is 25.8 Å². The number of amides is 1. The summed E-state index contributed by atoms with van der Waals surface area (Å²) in [4.78, 5) is 19.1. The third-order valence-electron chi connectivity index (χ3n) is 3.47. The van der Waals surface area contributed by atoms with Crippen LogP contribution in [0.2, 0.25) is 0 Å². The van der Waals surface area contributed by atoms with Gasteiger partial charge in [-0.05, 0) is 49.4 Å². The third kappa shape index (κ3) is 3.62. The van der Waals surface area contributed by atoms with E-state index in [0.29, 0.717) is 4.91 Å². The summed E-state index contributed by atoms with van der Waals surface area (Å²) in [6.07, 6.45) is 2.20. The van der Waals surface area contributed by atoms with Gasteiger partial charge in [0.05, 0.1) is 17.1 Å². The van der Waals surface area contributed by atoms with Gasteiger partial charge in [-0.2, -0.15) is 4.99 Å². The first-order valence-corrected chi connectivity index (χ1v) is 8.81. The van der Waals surface area contributed by atoms with Crippen molar-refractivity contribution in [3.8, 4) is 0 Å². The van der Waals surface area contributed by atoms with Crippen molar-refractivity contribution in [1.82, 2.24) is 4.90 Å². The Balaban J connectivity index is 1.74. The molecule has 1 saturated heterocycles. The highest BCUT2D eigenvalue weighted by Crippen LogP contribution is 2.31. The van der Waals surface area contributed by atoms with Crippen LogP contribution in [-0.2, 0) is 9.53 Å². The highest BCUT2D eigenvalue weighted by atomic mass is 79.9. The van der Waals surface area contributed by atoms with E-state index in [-0.39, 0.29) is 18.1 Å². The van der Waals surface area contributed by atoms with Gasteiger partial charge in [0.2, 0.25) is 0 Å². The van der Waals surface area contributed by atoms with Crippen molar-refractivity contribution in [2.24, 2.45) is 4.99 Å². The fourth-order valence-corrected chi connectivity index (χ4v) is 3.77. The molecule has 4 nitrogen and oxygen atoms in total. The molecule has 0 bridgehead atoms. The number of halogens is 1. The Kier molecular flexibility index (Phi) is 4.70. The first-order valence-electron chi connectivity index (χ1n) is 7.20. The maximum Gasteiger partial charge on any atom is 0.286 e. The molecule has 116 valence electrons. The predicted molar refractivity (Wildman–Crippen MR) is 93.7 cm³/mol. The molecule has 0 aliphatic carbocycles. The van der Waals surface area contributed by atoms with Crippen LogP contribution in [0.4, 0.5) is 0 Å². The van der Waals surface area contributed by atoms with E-state index in [9.17, 15) is 4.79 Å². The molecule has 1 aromatic rings. The number of amidine groups is 1. The van der Waals surface area contributed by atoms with Crippen LogP contribution in [0.3, 0.4) is 0 Å². The zero-order valence-electron chi connectivity index (χ0n) is 12.5. The van der Waals surface area contributed by atoms with Gasteiger partial charge < -0.3 is 9.64 Å². The number of carbonyl (C=O) groups excluding carboxylic acids is 1. The summed E-state index contributed by atoms with van der Waals surface area (Å²) in [6.45, 7) is 5.64. The van der Waals surface area contributed by atoms with Crippen LogP contribution in [0.15, 0.2) is 38.6 Å². The van der Waals surface area contributed by atoms with E-state index in [4.69, 9.17) is 4.74 Å². The summed E-state index contributed by atoms with van der Waals surface area (Å²) < 4.78 is 6.75. The number of hydrogen-bond donors (Lipinski definition) is 0. The Morgan fingerprint density at radius 3 is 2.55 bits per heavy atom. The Morgan fingerprint density at radius 1 is 1.27 bits per heavy atom. The van der Waals surface area contributed by atoms with Gasteiger partial charge in [0.15, 0.2) is 5.17 Å². The molecular formula is C16H17BrN2O2S. The third-order valence-corrected chi connectivity index (χ3v) is 5.04. The summed E-state index contributed by atoms with van der Waals surface area (Å²) in [6, 6.07) is 7.87. The number of rotatable bonds is 1. The molecule has 0 saturated carbocycles. The fraction of sp³-hybridized carbons (Fsp3) is 0.375. The highest BCUT2D eigenvalue weighted by molar-refractivity contribution is 9.10. The Labute approximate surface area is 142 Å². The molecule has 0 spiro atoms. The first kappa shape index (κ1) is 15.8. The molecule has 0 N–H and O–H groups in total. The number of ether oxygens (including phenoxy) is 1. The van der Waals surface area contributed by atoms with Crippen LogP contribution in [0.25, 0.3) is 6.08 Å². The van der Waals surface area contributed by atoms with Crippen molar-refractivity contribution >= 4 is 44.8 Å².